The molecule has 0 unspecified atom stereocenters. The van der Waals surface area contributed by atoms with E-state index in [1.807, 2.05) is 37.3 Å². The standard InChI is InChI=1S/C25H28BrNO3/c1-4-5-6-7-11-27-25(28)12-17(2)20-14-21-22(18-9-8-10-19(26)13-18)16-30-24(21)15-23(20)29-3/h8-10,12-16H,4-7,11H2,1-3H3,(H,27,28)/b17-12+. The molecule has 1 aromatic heterocycles. The monoisotopic (exact) mass is 469 g/mol. The summed E-state index contributed by atoms with van der Waals surface area (Å²) in [6.45, 7) is 4.81. The van der Waals surface area contributed by atoms with E-state index in [1.165, 1.54) is 12.8 Å². The fraction of sp³-hybridized carbons (Fsp3) is 0.320. The van der Waals surface area contributed by atoms with Gasteiger partial charge in [0.15, 0.2) is 0 Å². The van der Waals surface area contributed by atoms with Crippen molar-refractivity contribution in [3.05, 3.63) is 58.8 Å². The fourth-order valence-corrected chi connectivity index (χ4v) is 3.90. The zero-order valence-electron chi connectivity index (χ0n) is 17.8. The van der Waals surface area contributed by atoms with Gasteiger partial charge in [-0.25, -0.2) is 0 Å². The molecular formula is C25H28BrNO3. The van der Waals surface area contributed by atoms with Gasteiger partial charge in [-0.15, -0.1) is 0 Å². The molecule has 30 heavy (non-hydrogen) atoms. The maximum Gasteiger partial charge on any atom is 0.244 e. The predicted octanol–water partition coefficient (Wildman–Crippen LogP) is 6.97. The van der Waals surface area contributed by atoms with E-state index in [2.05, 4.69) is 34.2 Å². The second-order valence-corrected chi connectivity index (χ2v) is 8.30. The fourth-order valence-electron chi connectivity index (χ4n) is 3.50. The molecule has 0 spiro atoms. The molecule has 5 heteroatoms. The van der Waals surface area contributed by atoms with Crippen molar-refractivity contribution >= 4 is 38.4 Å². The first-order valence-electron chi connectivity index (χ1n) is 10.3. The molecule has 0 aliphatic carbocycles. The minimum absolute atomic E-state index is 0.0782. The summed E-state index contributed by atoms with van der Waals surface area (Å²) in [7, 11) is 1.63. The lowest BCUT2D eigenvalue weighted by Crippen LogP contribution is -2.22. The molecule has 0 saturated carbocycles. The first-order chi connectivity index (χ1) is 14.5. The van der Waals surface area contributed by atoms with Crippen LogP contribution in [0.1, 0.15) is 45.1 Å². The van der Waals surface area contributed by atoms with E-state index in [0.717, 1.165) is 50.5 Å². The number of ether oxygens (including phenoxy) is 1. The number of furan rings is 1. The highest BCUT2D eigenvalue weighted by molar-refractivity contribution is 9.10. The van der Waals surface area contributed by atoms with E-state index in [9.17, 15) is 4.79 Å². The van der Waals surface area contributed by atoms with Crippen LogP contribution in [-0.4, -0.2) is 19.6 Å². The highest BCUT2D eigenvalue weighted by Crippen LogP contribution is 2.37. The van der Waals surface area contributed by atoms with Crippen LogP contribution in [0.25, 0.3) is 27.7 Å². The second-order valence-electron chi connectivity index (χ2n) is 7.39. The van der Waals surface area contributed by atoms with Crippen molar-refractivity contribution in [2.75, 3.05) is 13.7 Å². The van der Waals surface area contributed by atoms with E-state index in [4.69, 9.17) is 9.15 Å². The van der Waals surface area contributed by atoms with Crippen molar-refractivity contribution < 1.29 is 13.9 Å². The van der Waals surface area contributed by atoms with Crippen LogP contribution in [0.4, 0.5) is 0 Å². The Balaban J connectivity index is 1.88. The molecule has 0 atom stereocenters. The Morgan fingerprint density at radius 3 is 2.77 bits per heavy atom. The molecule has 1 amide bonds. The van der Waals surface area contributed by atoms with Gasteiger partial charge in [-0.3, -0.25) is 4.79 Å². The van der Waals surface area contributed by atoms with Gasteiger partial charge in [0.2, 0.25) is 5.91 Å². The topological polar surface area (TPSA) is 51.5 Å². The average molecular weight is 470 g/mol. The molecule has 0 saturated heterocycles. The molecule has 0 aliphatic heterocycles. The smallest absolute Gasteiger partial charge is 0.244 e. The molecule has 4 nitrogen and oxygen atoms in total. The van der Waals surface area contributed by atoms with Gasteiger partial charge in [0.05, 0.1) is 13.4 Å². The van der Waals surface area contributed by atoms with Crippen molar-refractivity contribution in [1.82, 2.24) is 5.32 Å². The average Bonchev–Trinajstić information content (AvgIpc) is 3.15. The number of hydrogen-bond acceptors (Lipinski definition) is 3. The van der Waals surface area contributed by atoms with E-state index in [0.29, 0.717) is 12.3 Å². The van der Waals surface area contributed by atoms with Crippen LogP contribution in [0.5, 0.6) is 5.75 Å². The Morgan fingerprint density at radius 2 is 2.03 bits per heavy atom. The summed E-state index contributed by atoms with van der Waals surface area (Å²) in [4.78, 5) is 12.3. The number of benzene rings is 2. The summed E-state index contributed by atoms with van der Waals surface area (Å²) >= 11 is 3.53. The number of fused-ring (bicyclic) bond motifs is 1. The number of amides is 1. The lowest BCUT2D eigenvalue weighted by Gasteiger charge is -2.10. The predicted molar refractivity (Wildman–Crippen MR) is 127 cm³/mol. The molecule has 3 aromatic rings. The second kappa shape index (κ2) is 10.5. The Morgan fingerprint density at radius 1 is 1.20 bits per heavy atom. The van der Waals surface area contributed by atoms with Crippen molar-refractivity contribution in [2.24, 2.45) is 0 Å². The van der Waals surface area contributed by atoms with Crippen molar-refractivity contribution in [2.45, 2.75) is 39.5 Å². The molecular weight excluding hydrogens is 442 g/mol. The number of rotatable bonds is 9. The number of unbranched alkanes of at least 4 members (excludes halogenated alkanes) is 3. The zero-order chi connectivity index (χ0) is 21.5. The third kappa shape index (κ3) is 5.33. The number of carbonyl (C=O) groups is 1. The molecule has 0 bridgehead atoms. The number of halogens is 1. The van der Waals surface area contributed by atoms with Gasteiger partial charge in [-0.1, -0.05) is 54.2 Å². The molecule has 158 valence electrons. The van der Waals surface area contributed by atoms with Gasteiger partial charge < -0.3 is 14.5 Å². The number of methoxy groups -OCH3 is 1. The number of hydrogen-bond donors (Lipinski definition) is 1. The molecule has 1 heterocycles. The maximum atomic E-state index is 12.3. The third-order valence-corrected chi connectivity index (χ3v) is 5.63. The van der Waals surface area contributed by atoms with Crippen LogP contribution >= 0.6 is 15.9 Å². The first kappa shape index (κ1) is 22.2. The van der Waals surface area contributed by atoms with Gasteiger partial charge in [0.1, 0.15) is 11.3 Å². The first-order valence-corrected chi connectivity index (χ1v) is 11.1. The van der Waals surface area contributed by atoms with E-state index in [-0.39, 0.29) is 5.91 Å². The third-order valence-electron chi connectivity index (χ3n) is 5.13. The quantitative estimate of drug-likeness (QED) is 0.271. The van der Waals surface area contributed by atoms with E-state index < -0.39 is 0 Å². The van der Waals surface area contributed by atoms with Gasteiger partial charge >= 0.3 is 0 Å². The van der Waals surface area contributed by atoms with Gasteiger partial charge in [0.25, 0.3) is 0 Å². The van der Waals surface area contributed by atoms with Crippen LogP contribution in [-0.2, 0) is 4.79 Å². The SMILES string of the molecule is CCCCCCNC(=O)/C=C(\C)c1cc2c(-c3cccc(Br)c3)coc2cc1OC. The normalized spacial score (nSPS) is 11.7. The van der Waals surface area contributed by atoms with Crippen LogP contribution in [0, 0.1) is 0 Å². The molecule has 2 aromatic carbocycles. The van der Waals surface area contributed by atoms with Gasteiger partial charge in [-0.2, -0.15) is 0 Å². The summed E-state index contributed by atoms with van der Waals surface area (Å²) < 4.78 is 12.4. The van der Waals surface area contributed by atoms with E-state index >= 15 is 0 Å². The summed E-state index contributed by atoms with van der Waals surface area (Å²) in [5.41, 5.74) is 4.54. The number of nitrogens with one attached hydrogen (secondary N) is 1. The zero-order valence-corrected chi connectivity index (χ0v) is 19.3. The number of allylic oxidation sites excluding steroid dienone is 1. The molecule has 1 N–H and O–H groups in total. The van der Waals surface area contributed by atoms with Crippen LogP contribution in [0.3, 0.4) is 0 Å². The molecule has 0 aliphatic rings. The lowest BCUT2D eigenvalue weighted by atomic mass is 9.99. The lowest BCUT2D eigenvalue weighted by molar-refractivity contribution is -0.116. The summed E-state index contributed by atoms with van der Waals surface area (Å²) in [5, 5.41) is 3.96. The van der Waals surface area contributed by atoms with Crippen LogP contribution in [0.15, 0.2) is 57.6 Å². The Kier molecular flexibility index (Phi) is 7.75. The largest absolute Gasteiger partial charge is 0.496 e. The molecule has 0 radical (unpaired) electrons. The maximum absolute atomic E-state index is 12.3. The van der Waals surface area contributed by atoms with Crippen LogP contribution < -0.4 is 10.1 Å². The summed E-state index contributed by atoms with van der Waals surface area (Å²) in [5.74, 6) is 0.604. The molecule has 0 fully saturated rings. The Hall–Kier alpha value is -2.53. The van der Waals surface area contributed by atoms with Gasteiger partial charge in [0, 0.05) is 39.7 Å². The molecule has 3 rings (SSSR count). The van der Waals surface area contributed by atoms with Crippen molar-refractivity contribution in [3.8, 4) is 16.9 Å². The number of carbonyl (C=O) groups excluding carboxylic acids is 1. The minimum Gasteiger partial charge on any atom is -0.496 e. The highest BCUT2D eigenvalue weighted by atomic mass is 79.9. The van der Waals surface area contributed by atoms with Gasteiger partial charge in [-0.05, 0) is 42.7 Å². The highest BCUT2D eigenvalue weighted by Gasteiger charge is 2.15. The Bertz CT molecular complexity index is 1050. The van der Waals surface area contributed by atoms with Crippen LogP contribution in [0.2, 0.25) is 0 Å². The van der Waals surface area contributed by atoms with E-state index in [1.54, 1.807) is 19.4 Å². The summed E-state index contributed by atoms with van der Waals surface area (Å²) in [6, 6.07) is 12.0. The Labute approximate surface area is 186 Å². The minimum atomic E-state index is -0.0782. The summed E-state index contributed by atoms with van der Waals surface area (Å²) in [6.07, 6.45) is 7.94. The van der Waals surface area contributed by atoms with Crippen molar-refractivity contribution in [1.29, 1.82) is 0 Å². The van der Waals surface area contributed by atoms with Crippen molar-refractivity contribution in [3.63, 3.8) is 0 Å².